The molecule has 0 aromatic heterocycles. The molecule has 152 valence electrons. The molecule has 3 rings (SSSR count). The largest absolute Gasteiger partial charge is 0.497 e. The first kappa shape index (κ1) is 20.7. The number of hydrogen-bond acceptors (Lipinski definition) is 5. The van der Waals surface area contributed by atoms with E-state index < -0.39 is 31.9 Å². The average molecular weight is 429 g/mol. The summed E-state index contributed by atoms with van der Waals surface area (Å²) in [4.78, 5) is 0.00729. The van der Waals surface area contributed by atoms with E-state index in [1.54, 1.807) is 12.1 Å². The number of rotatable bonds is 6. The van der Waals surface area contributed by atoms with Gasteiger partial charge in [-0.15, -0.1) is 0 Å². The molecule has 2 aromatic carbocycles. The summed E-state index contributed by atoms with van der Waals surface area (Å²) in [5.74, 6) is -0.0762. The first-order valence-corrected chi connectivity index (χ1v) is 11.6. The molecule has 0 atom stereocenters. The minimum atomic E-state index is -3.87. The highest BCUT2D eigenvalue weighted by molar-refractivity contribution is 7.89. The van der Waals surface area contributed by atoms with Crippen molar-refractivity contribution in [1.82, 2.24) is 9.03 Å². The molecule has 7 nitrogen and oxygen atoms in total. The molecular weight excluding hydrogens is 407 g/mol. The van der Waals surface area contributed by atoms with Crippen molar-refractivity contribution in [3.8, 4) is 5.75 Å². The first-order chi connectivity index (χ1) is 13.2. The molecule has 28 heavy (non-hydrogen) atoms. The highest BCUT2D eigenvalue weighted by Crippen LogP contribution is 2.23. The fourth-order valence-electron chi connectivity index (χ4n) is 3.03. The molecule has 1 saturated heterocycles. The van der Waals surface area contributed by atoms with E-state index in [4.69, 9.17) is 4.74 Å². The Morgan fingerprint density at radius 3 is 2.21 bits per heavy atom. The van der Waals surface area contributed by atoms with Crippen LogP contribution in [0.15, 0.2) is 58.3 Å². The van der Waals surface area contributed by atoms with Gasteiger partial charge in [-0.05, 0) is 55.3 Å². The van der Waals surface area contributed by atoms with Gasteiger partial charge >= 0.3 is 0 Å². The predicted molar refractivity (Wildman–Crippen MR) is 101 cm³/mol. The van der Waals surface area contributed by atoms with Crippen molar-refractivity contribution >= 4 is 20.0 Å². The standard InChI is InChI=1S/C18H21FN2O5S2/c1-26-16-5-7-17(8-6-16)28(24,25)21-11-9-15(10-12-21)20-27(22,23)18-4-2-3-14(19)13-18/h2-8,13,15,20H,9-12H2,1H3. The van der Waals surface area contributed by atoms with Crippen molar-refractivity contribution in [2.75, 3.05) is 20.2 Å². The second-order valence-corrected chi connectivity index (χ2v) is 10.1. The number of hydrogen-bond donors (Lipinski definition) is 1. The number of ether oxygens (including phenoxy) is 1. The molecule has 1 aliphatic heterocycles. The fourth-order valence-corrected chi connectivity index (χ4v) is 5.84. The van der Waals surface area contributed by atoms with Crippen LogP contribution in [0, 0.1) is 5.82 Å². The molecule has 0 aliphatic carbocycles. The van der Waals surface area contributed by atoms with Gasteiger partial charge in [-0.25, -0.2) is 25.9 Å². The lowest BCUT2D eigenvalue weighted by Gasteiger charge is -2.31. The maximum absolute atomic E-state index is 13.3. The van der Waals surface area contributed by atoms with Gasteiger partial charge in [-0.1, -0.05) is 6.07 Å². The van der Waals surface area contributed by atoms with Crippen LogP contribution in [0.25, 0.3) is 0 Å². The molecule has 0 bridgehead atoms. The van der Waals surface area contributed by atoms with Gasteiger partial charge in [-0.2, -0.15) is 4.31 Å². The van der Waals surface area contributed by atoms with E-state index in [0.717, 1.165) is 6.07 Å². The van der Waals surface area contributed by atoms with Gasteiger partial charge in [0.25, 0.3) is 0 Å². The van der Waals surface area contributed by atoms with Crippen molar-refractivity contribution in [3.05, 3.63) is 54.3 Å². The molecule has 0 unspecified atom stereocenters. The third-order valence-electron chi connectivity index (χ3n) is 4.58. The summed E-state index contributed by atoms with van der Waals surface area (Å²) in [6, 6.07) is 10.4. The van der Waals surface area contributed by atoms with Crippen molar-refractivity contribution in [2.45, 2.75) is 28.7 Å². The Morgan fingerprint density at radius 2 is 1.64 bits per heavy atom. The minimum absolute atomic E-state index is 0.152. The van der Waals surface area contributed by atoms with Crippen LogP contribution in [-0.2, 0) is 20.0 Å². The number of sulfonamides is 2. The molecule has 1 heterocycles. The normalized spacial score (nSPS) is 16.8. The molecule has 0 saturated carbocycles. The Bertz CT molecular complexity index is 1030. The van der Waals surface area contributed by atoms with E-state index in [0.29, 0.717) is 18.6 Å². The quantitative estimate of drug-likeness (QED) is 0.759. The van der Waals surface area contributed by atoms with Gasteiger partial charge in [0, 0.05) is 19.1 Å². The molecule has 10 heteroatoms. The summed E-state index contributed by atoms with van der Waals surface area (Å²) < 4.78 is 72.5. The summed E-state index contributed by atoms with van der Waals surface area (Å²) in [6.45, 7) is 0.370. The predicted octanol–water partition coefficient (Wildman–Crippen LogP) is 1.97. The lowest BCUT2D eigenvalue weighted by atomic mass is 10.1. The monoisotopic (exact) mass is 428 g/mol. The van der Waals surface area contributed by atoms with Gasteiger partial charge in [-0.3, -0.25) is 0 Å². The van der Waals surface area contributed by atoms with Crippen molar-refractivity contribution in [1.29, 1.82) is 0 Å². The van der Waals surface area contributed by atoms with Gasteiger partial charge in [0.2, 0.25) is 20.0 Å². The van der Waals surface area contributed by atoms with Gasteiger partial charge in [0.05, 0.1) is 16.9 Å². The number of methoxy groups -OCH3 is 1. The SMILES string of the molecule is COc1ccc(S(=O)(=O)N2CCC(NS(=O)(=O)c3cccc(F)c3)CC2)cc1. The van der Waals surface area contributed by atoms with Crippen LogP contribution in [0.5, 0.6) is 5.75 Å². The van der Waals surface area contributed by atoms with Gasteiger partial charge in [0.15, 0.2) is 0 Å². The average Bonchev–Trinajstić information content (AvgIpc) is 2.68. The van der Waals surface area contributed by atoms with Crippen molar-refractivity contribution < 1.29 is 26.0 Å². The van der Waals surface area contributed by atoms with E-state index in [1.807, 2.05) is 0 Å². The fraction of sp³-hybridized carbons (Fsp3) is 0.333. The molecular formula is C18H21FN2O5S2. The van der Waals surface area contributed by atoms with Crippen LogP contribution in [0.4, 0.5) is 4.39 Å². The van der Waals surface area contributed by atoms with Crippen LogP contribution in [0.3, 0.4) is 0 Å². The third-order valence-corrected chi connectivity index (χ3v) is 8.01. The zero-order valence-electron chi connectivity index (χ0n) is 15.2. The minimum Gasteiger partial charge on any atom is -0.497 e. The van der Waals surface area contributed by atoms with Crippen LogP contribution in [0.1, 0.15) is 12.8 Å². The lowest BCUT2D eigenvalue weighted by molar-refractivity contribution is 0.308. The van der Waals surface area contributed by atoms with Gasteiger partial charge < -0.3 is 4.74 Å². The third kappa shape index (κ3) is 4.52. The van der Waals surface area contributed by atoms with Crippen LogP contribution < -0.4 is 9.46 Å². The van der Waals surface area contributed by atoms with E-state index >= 15 is 0 Å². The molecule has 0 radical (unpaired) electrons. The second-order valence-electron chi connectivity index (χ2n) is 6.43. The number of benzene rings is 2. The zero-order chi connectivity index (χ0) is 20.4. The Kier molecular flexibility index (Phi) is 6.04. The topological polar surface area (TPSA) is 92.8 Å². The maximum atomic E-state index is 13.3. The maximum Gasteiger partial charge on any atom is 0.243 e. The van der Waals surface area contributed by atoms with E-state index in [1.165, 1.54) is 41.7 Å². The lowest BCUT2D eigenvalue weighted by Crippen LogP contribution is -2.46. The van der Waals surface area contributed by atoms with E-state index in [2.05, 4.69) is 4.72 Å². The Labute approximate surface area is 164 Å². The molecule has 1 aliphatic rings. The Morgan fingerprint density at radius 1 is 1.00 bits per heavy atom. The molecule has 1 N–H and O–H groups in total. The summed E-state index contributed by atoms with van der Waals surface area (Å²) >= 11 is 0. The number of nitrogens with one attached hydrogen (secondary N) is 1. The number of piperidine rings is 1. The molecule has 1 fully saturated rings. The molecule has 2 aromatic rings. The van der Waals surface area contributed by atoms with E-state index in [-0.39, 0.29) is 22.9 Å². The van der Waals surface area contributed by atoms with Crippen LogP contribution in [-0.4, -0.2) is 47.4 Å². The Hall–Kier alpha value is -2.01. The highest BCUT2D eigenvalue weighted by atomic mass is 32.2. The smallest absolute Gasteiger partial charge is 0.243 e. The first-order valence-electron chi connectivity index (χ1n) is 8.64. The van der Waals surface area contributed by atoms with Crippen LogP contribution in [0.2, 0.25) is 0 Å². The number of nitrogens with zero attached hydrogens (tertiary/aromatic N) is 1. The van der Waals surface area contributed by atoms with Crippen molar-refractivity contribution in [2.24, 2.45) is 0 Å². The summed E-state index contributed by atoms with van der Waals surface area (Å²) in [5, 5.41) is 0. The summed E-state index contributed by atoms with van der Waals surface area (Å²) in [6.07, 6.45) is 0.647. The van der Waals surface area contributed by atoms with E-state index in [9.17, 15) is 21.2 Å². The van der Waals surface area contributed by atoms with Gasteiger partial charge in [0.1, 0.15) is 11.6 Å². The molecule has 0 amide bonds. The number of halogens is 1. The summed E-state index contributed by atoms with van der Waals surface area (Å²) in [5.41, 5.74) is 0. The Balaban J connectivity index is 1.65. The zero-order valence-corrected chi connectivity index (χ0v) is 16.8. The van der Waals surface area contributed by atoms with Crippen LogP contribution >= 0.6 is 0 Å². The van der Waals surface area contributed by atoms with Crippen molar-refractivity contribution in [3.63, 3.8) is 0 Å². The molecule has 0 spiro atoms. The highest BCUT2D eigenvalue weighted by Gasteiger charge is 2.31. The summed E-state index contributed by atoms with van der Waals surface area (Å²) in [7, 11) is -6.03. The second kappa shape index (κ2) is 8.16.